The third-order valence-corrected chi connectivity index (χ3v) is 3.06. The second-order valence-corrected chi connectivity index (χ2v) is 4.52. The third kappa shape index (κ3) is 3.55. The van der Waals surface area contributed by atoms with Gasteiger partial charge in [0, 0.05) is 29.9 Å². The highest BCUT2D eigenvalue weighted by atomic mass is 32.2. The van der Waals surface area contributed by atoms with Crippen molar-refractivity contribution >= 4 is 17.4 Å². The van der Waals surface area contributed by atoms with E-state index in [2.05, 4.69) is 10.3 Å². The molecular formula is C10H16N2OS. The highest BCUT2D eigenvalue weighted by molar-refractivity contribution is 7.99. The molecule has 0 aliphatic carbocycles. The van der Waals surface area contributed by atoms with Gasteiger partial charge in [0.15, 0.2) is 0 Å². The van der Waals surface area contributed by atoms with E-state index >= 15 is 0 Å². The lowest BCUT2D eigenvalue weighted by molar-refractivity contribution is 0.300. The standard InChI is InChI=1S/C10H16N2OS/c1-8(6-13)14-7-10-5-9(11-2)3-4-12-10/h3-5,8,13H,6-7H2,1-2H3,(H,11,12). The van der Waals surface area contributed by atoms with Crippen molar-refractivity contribution < 1.29 is 5.11 Å². The van der Waals surface area contributed by atoms with E-state index in [1.165, 1.54) is 0 Å². The van der Waals surface area contributed by atoms with Gasteiger partial charge in [-0.05, 0) is 12.1 Å². The Morgan fingerprint density at radius 2 is 2.43 bits per heavy atom. The quantitative estimate of drug-likeness (QED) is 0.780. The summed E-state index contributed by atoms with van der Waals surface area (Å²) in [7, 11) is 1.89. The van der Waals surface area contributed by atoms with Crippen LogP contribution in [0.15, 0.2) is 18.3 Å². The minimum atomic E-state index is 0.219. The van der Waals surface area contributed by atoms with Crippen molar-refractivity contribution in [1.29, 1.82) is 0 Å². The molecule has 1 aromatic rings. The number of pyridine rings is 1. The molecule has 1 aromatic heterocycles. The zero-order valence-electron chi connectivity index (χ0n) is 8.53. The minimum absolute atomic E-state index is 0.219. The summed E-state index contributed by atoms with van der Waals surface area (Å²) in [5.41, 5.74) is 2.12. The Morgan fingerprint density at radius 1 is 1.64 bits per heavy atom. The highest BCUT2D eigenvalue weighted by Gasteiger charge is 2.02. The first-order valence-electron chi connectivity index (χ1n) is 4.61. The molecule has 14 heavy (non-hydrogen) atoms. The highest BCUT2D eigenvalue weighted by Crippen LogP contribution is 2.17. The lowest BCUT2D eigenvalue weighted by Crippen LogP contribution is -2.03. The van der Waals surface area contributed by atoms with Crippen LogP contribution in [-0.2, 0) is 5.75 Å². The van der Waals surface area contributed by atoms with Gasteiger partial charge in [0.2, 0.25) is 0 Å². The number of anilines is 1. The minimum Gasteiger partial charge on any atom is -0.395 e. The summed E-state index contributed by atoms with van der Waals surface area (Å²) in [5, 5.41) is 12.2. The van der Waals surface area contributed by atoms with Crippen molar-refractivity contribution in [3.63, 3.8) is 0 Å². The summed E-state index contributed by atoms with van der Waals surface area (Å²) in [6, 6.07) is 3.96. The van der Waals surface area contributed by atoms with Gasteiger partial charge in [0.1, 0.15) is 0 Å². The van der Waals surface area contributed by atoms with Crippen LogP contribution < -0.4 is 5.32 Å². The molecule has 0 saturated heterocycles. The van der Waals surface area contributed by atoms with Gasteiger partial charge in [-0.25, -0.2) is 0 Å². The summed E-state index contributed by atoms with van der Waals surface area (Å²) in [6.07, 6.45) is 1.80. The molecule has 4 heteroatoms. The molecule has 0 aromatic carbocycles. The van der Waals surface area contributed by atoms with Crippen LogP contribution in [0.2, 0.25) is 0 Å². The fourth-order valence-corrected chi connectivity index (χ4v) is 1.71. The summed E-state index contributed by atoms with van der Waals surface area (Å²) < 4.78 is 0. The van der Waals surface area contributed by atoms with E-state index in [9.17, 15) is 0 Å². The van der Waals surface area contributed by atoms with Crippen LogP contribution in [0, 0.1) is 0 Å². The monoisotopic (exact) mass is 212 g/mol. The lowest BCUT2D eigenvalue weighted by atomic mass is 10.3. The Labute approximate surface area is 88.9 Å². The molecule has 3 nitrogen and oxygen atoms in total. The van der Waals surface area contributed by atoms with Gasteiger partial charge in [-0.2, -0.15) is 11.8 Å². The maximum atomic E-state index is 8.86. The van der Waals surface area contributed by atoms with Crippen molar-refractivity contribution in [2.45, 2.75) is 17.9 Å². The molecule has 0 bridgehead atoms. The molecule has 0 radical (unpaired) electrons. The van der Waals surface area contributed by atoms with Crippen molar-refractivity contribution in [3.8, 4) is 0 Å². The summed E-state index contributed by atoms with van der Waals surface area (Å²) in [5.74, 6) is 0.844. The first-order chi connectivity index (χ1) is 6.76. The number of nitrogens with zero attached hydrogens (tertiary/aromatic N) is 1. The topological polar surface area (TPSA) is 45.2 Å². The molecule has 0 aliphatic heterocycles. The number of hydrogen-bond donors (Lipinski definition) is 2. The predicted molar refractivity (Wildman–Crippen MR) is 61.6 cm³/mol. The fraction of sp³-hybridized carbons (Fsp3) is 0.500. The number of thioether (sulfide) groups is 1. The maximum absolute atomic E-state index is 8.86. The predicted octanol–water partition coefficient (Wildman–Crippen LogP) is 1.74. The molecule has 0 aliphatic rings. The van der Waals surface area contributed by atoms with Gasteiger partial charge < -0.3 is 10.4 Å². The van der Waals surface area contributed by atoms with E-state index in [4.69, 9.17) is 5.11 Å². The van der Waals surface area contributed by atoms with Crippen LogP contribution in [0.4, 0.5) is 5.69 Å². The Balaban J connectivity index is 2.50. The maximum Gasteiger partial charge on any atom is 0.0547 e. The van der Waals surface area contributed by atoms with E-state index in [0.29, 0.717) is 0 Å². The average Bonchev–Trinajstić information content (AvgIpc) is 2.26. The number of aliphatic hydroxyl groups excluding tert-OH is 1. The van der Waals surface area contributed by atoms with Gasteiger partial charge >= 0.3 is 0 Å². The third-order valence-electron chi connectivity index (χ3n) is 1.88. The summed E-state index contributed by atoms with van der Waals surface area (Å²) >= 11 is 1.71. The van der Waals surface area contributed by atoms with E-state index in [-0.39, 0.29) is 11.9 Å². The van der Waals surface area contributed by atoms with Crippen LogP contribution in [0.25, 0.3) is 0 Å². The largest absolute Gasteiger partial charge is 0.395 e. The van der Waals surface area contributed by atoms with Crippen molar-refractivity contribution in [3.05, 3.63) is 24.0 Å². The van der Waals surface area contributed by atoms with E-state index in [1.54, 1.807) is 18.0 Å². The molecule has 0 spiro atoms. The van der Waals surface area contributed by atoms with Gasteiger partial charge in [-0.3, -0.25) is 4.98 Å². The first-order valence-corrected chi connectivity index (χ1v) is 5.66. The second-order valence-electron chi connectivity index (χ2n) is 3.09. The van der Waals surface area contributed by atoms with Crippen LogP contribution in [0.3, 0.4) is 0 Å². The molecule has 1 rings (SSSR count). The lowest BCUT2D eigenvalue weighted by Gasteiger charge is -2.07. The molecule has 1 atom stereocenters. The van der Waals surface area contributed by atoms with Gasteiger partial charge in [0.05, 0.1) is 12.3 Å². The van der Waals surface area contributed by atoms with Crippen LogP contribution in [0.5, 0.6) is 0 Å². The van der Waals surface area contributed by atoms with Gasteiger partial charge in [-0.1, -0.05) is 6.92 Å². The molecule has 1 unspecified atom stereocenters. The zero-order chi connectivity index (χ0) is 10.4. The van der Waals surface area contributed by atoms with Crippen molar-refractivity contribution in [2.75, 3.05) is 19.0 Å². The number of rotatable bonds is 5. The molecule has 0 fully saturated rings. The Bertz CT molecular complexity index is 281. The second kappa shape index (κ2) is 5.88. The smallest absolute Gasteiger partial charge is 0.0547 e. The Morgan fingerprint density at radius 3 is 3.07 bits per heavy atom. The van der Waals surface area contributed by atoms with E-state index in [1.807, 2.05) is 26.1 Å². The van der Waals surface area contributed by atoms with Crippen LogP contribution >= 0.6 is 11.8 Å². The van der Waals surface area contributed by atoms with Crippen LogP contribution in [-0.4, -0.2) is 29.0 Å². The van der Waals surface area contributed by atoms with E-state index < -0.39 is 0 Å². The van der Waals surface area contributed by atoms with Crippen molar-refractivity contribution in [1.82, 2.24) is 4.98 Å². The molecule has 78 valence electrons. The summed E-state index contributed by atoms with van der Waals surface area (Å²) in [4.78, 5) is 4.25. The SMILES string of the molecule is CNc1ccnc(CSC(C)CO)c1. The number of nitrogens with one attached hydrogen (secondary N) is 1. The van der Waals surface area contributed by atoms with Gasteiger partial charge in [0.25, 0.3) is 0 Å². The van der Waals surface area contributed by atoms with Crippen LogP contribution in [0.1, 0.15) is 12.6 Å². The molecule has 1 heterocycles. The molecule has 0 saturated carbocycles. The average molecular weight is 212 g/mol. The first kappa shape index (κ1) is 11.3. The number of aliphatic hydroxyl groups is 1. The van der Waals surface area contributed by atoms with E-state index in [0.717, 1.165) is 17.1 Å². The fourth-order valence-electron chi connectivity index (χ4n) is 0.993. The van der Waals surface area contributed by atoms with Gasteiger partial charge in [-0.15, -0.1) is 0 Å². The number of aromatic nitrogens is 1. The Kier molecular flexibility index (Phi) is 4.76. The molecular weight excluding hydrogens is 196 g/mol. The van der Waals surface area contributed by atoms with Crippen molar-refractivity contribution in [2.24, 2.45) is 0 Å². The Hall–Kier alpha value is -0.740. The summed E-state index contributed by atoms with van der Waals surface area (Å²) in [6.45, 7) is 2.23. The zero-order valence-corrected chi connectivity index (χ0v) is 9.34. The number of hydrogen-bond acceptors (Lipinski definition) is 4. The molecule has 0 amide bonds. The molecule has 2 N–H and O–H groups in total. The normalized spacial score (nSPS) is 12.5.